The smallest absolute Gasteiger partial charge is 0.315 e. The van der Waals surface area contributed by atoms with Gasteiger partial charge >= 0.3 is 12.0 Å². The van der Waals surface area contributed by atoms with Crippen LogP contribution >= 0.6 is 11.8 Å². The molecule has 0 aliphatic heterocycles. The Kier molecular flexibility index (Phi) is 5.79. The summed E-state index contributed by atoms with van der Waals surface area (Å²) in [6, 6.07) is 0.0441. The third-order valence-electron chi connectivity index (χ3n) is 4.55. The summed E-state index contributed by atoms with van der Waals surface area (Å²) in [6.45, 7) is 2.16. The minimum Gasteiger partial charge on any atom is -0.481 e. The molecule has 2 fully saturated rings. The summed E-state index contributed by atoms with van der Waals surface area (Å²) in [5, 5.41) is 15.7. The molecule has 0 heterocycles. The van der Waals surface area contributed by atoms with Crippen LogP contribution in [-0.2, 0) is 4.79 Å². The Hall–Kier alpha value is -0.910. The van der Waals surface area contributed by atoms with Crippen LogP contribution in [0.15, 0.2) is 0 Å². The Morgan fingerprint density at radius 1 is 1.29 bits per heavy atom. The normalized spacial score (nSPS) is 27.5. The molecule has 21 heavy (non-hydrogen) atoms. The molecule has 2 aliphatic carbocycles. The summed E-state index contributed by atoms with van der Waals surface area (Å²) in [7, 11) is 0. The van der Waals surface area contributed by atoms with Crippen LogP contribution in [0.2, 0.25) is 0 Å². The molecule has 120 valence electrons. The van der Waals surface area contributed by atoms with Gasteiger partial charge in [-0.1, -0.05) is 19.8 Å². The van der Waals surface area contributed by atoms with E-state index >= 15 is 0 Å². The molecule has 2 aliphatic rings. The van der Waals surface area contributed by atoms with Gasteiger partial charge in [-0.05, 0) is 37.9 Å². The third-order valence-corrected chi connectivity index (χ3v) is 5.78. The molecule has 0 radical (unpaired) electrons. The lowest BCUT2D eigenvalue weighted by Crippen LogP contribution is -2.53. The van der Waals surface area contributed by atoms with Crippen molar-refractivity contribution < 1.29 is 14.7 Å². The van der Waals surface area contributed by atoms with Crippen LogP contribution in [0.5, 0.6) is 0 Å². The average molecular weight is 314 g/mol. The van der Waals surface area contributed by atoms with Gasteiger partial charge in [-0.3, -0.25) is 4.79 Å². The molecule has 2 saturated carbocycles. The zero-order valence-electron chi connectivity index (χ0n) is 12.7. The molecular weight excluding hydrogens is 288 g/mol. The van der Waals surface area contributed by atoms with Gasteiger partial charge in [0.1, 0.15) is 0 Å². The number of carboxylic acid groups (broad SMARTS) is 1. The molecule has 0 saturated heterocycles. The predicted octanol–water partition coefficient (Wildman–Crippen LogP) is 2.75. The number of nitrogens with one attached hydrogen (secondary N) is 2. The van der Waals surface area contributed by atoms with Crippen molar-refractivity contribution in [3.05, 3.63) is 0 Å². The van der Waals surface area contributed by atoms with E-state index in [1.165, 1.54) is 0 Å². The molecule has 2 amide bonds. The van der Waals surface area contributed by atoms with E-state index in [-0.39, 0.29) is 18.5 Å². The lowest BCUT2D eigenvalue weighted by Gasteiger charge is -2.29. The highest BCUT2D eigenvalue weighted by Crippen LogP contribution is 2.33. The Morgan fingerprint density at radius 2 is 2.00 bits per heavy atom. The van der Waals surface area contributed by atoms with Crippen molar-refractivity contribution in [2.24, 2.45) is 0 Å². The zero-order chi connectivity index (χ0) is 15.3. The molecule has 0 aromatic carbocycles. The fraction of sp³-hybridized carbons (Fsp3) is 0.867. The number of carbonyl (C=O) groups excluding carboxylic acids is 1. The van der Waals surface area contributed by atoms with Crippen molar-refractivity contribution in [1.29, 1.82) is 0 Å². The van der Waals surface area contributed by atoms with E-state index in [0.29, 0.717) is 5.25 Å². The van der Waals surface area contributed by atoms with Gasteiger partial charge in [0.2, 0.25) is 0 Å². The first kappa shape index (κ1) is 16.5. The van der Waals surface area contributed by atoms with Crippen LogP contribution < -0.4 is 10.6 Å². The second kappa shape index (κ2) is 7.38. The molecule has 0 spiro atoms. The van der Waals surface area contributed by atoms with Gasteiger partial charge in [-0.2, -0.15) is 11.8 Å². The molecule has 5 nitrogen and oxygen atoms in total. The number of carbonyl (C=O) groups is 2. The van der Waals surface area contributed by atoms with Crippen molar-refractivity contribution in [2.45, 2.75) is 75.1 Å². The van der Waals surface area contributed by atoms with Gasteiger partial charge in [-0.25, -0.2) is 4.79 Å². The molecule has 3 N–H and O–H groups in total. The molecule has 2 rings (SSSR count). The van der Waals surface area contributed by atoms with Gasteiger partial charge in [0.25, 0.3) is 0 Å². The van der Waals surface area contributed by atoms with E-state index in [1.54, 1.807) is 0 Å². The molecule has 2 atom stereocenters. The topological polar surface area (TPSA) is 78.4 Å². The van der Waals surface area contributed by atoms with Gasteiger partial charge in [0.05, 0.1) is 12.0 Å². The first-order valence-corrected chi connectivity index (χ1v) is 9.00. The summed E-state index contributed by atoms with van der Waals surface area (Å²) in [5.41, 5.74) is -0.536. The number of rotatable bonds is 6. The number of urea groups is 1. The van der Waals surface area contributed by atoms with E-state index in [9.17, 15) is 9.59 Å². The van der Waals surface area contributed by atoms with Gasteiger partial charge in [0, 0.05) is 11.3 Å². The molecule has 2 unspecified atom stereocenters. The van der Waals surface area contributed by atoms with Crippen molar-refractivity contribution in [1.82, 2.24) is 10.6 Å². The number of hydrogen-bond acceptors (Lipinski definition) is 3. The first-order chi connectivity index (χ1) is 10.0. The van der Waals surface area contributed by atoms with Crippen LogP contribution in [0, 0.1) is 0 Å². The molecular formula is C15H26N2O3S. The second-order valence-electron chi connectivity index (χ2n) is 6.24. The summed E-state index contributed by atoms with van der Waals surface area (Å²) in [6.07, 6.45) is 6.76. The summed E-state index contributed by atoms with van der Waals surface area (Å²) in [5.74, 6) is 0.281. The second-order valence-corrected chi connectivity index (χ2v) is 7.82. The van der Waals surface area contributed by atoms with Crippen LogP contribution in [0.25, 0.3) is 0 Å². The molecule has 0 aromatic rings. The zero-order valence-corrected chi connectivity index (χ0v) is 13.5. The van der Waals surface area contributed by atoms with E-state index in [2.05, 4.69) is 17.6 Å². The number of carboxylic acids is 1. The monoisotopic (exact) mass is 314 g/mol. The molecule has 0 bridgehead atoms. The Morgan fingerprint density at radius 3 is 2.62 bits per heavy atom. The Bertz CT molecular complexity index is 383. The Balaban J connectivity index is 1.81. The lowest BCUT2D eigenvalue weighted by molar-refractivity contribution is -0.138. The van der Waals surface area contributed by atoms with E-state index in [4.69, 9.17) is 5.11 Å². The minimum absolute atomic E-state index is 0.0272. The number of hydrogen-bond donors (Lipinski definition) is 3. The van der Waals surface area contributed by atoms with E-state index in [1.807, 2.05) is 11.8 Å². The van der Waals surface area contributed by atoms with Gasteiger partial charge in [-0.15, -0.1) is 0 Å². The van der Waals surface area contributed by atoms with Crippen LogP contribution in [0.4, 0.5) is 4.79 Å². The number of thioether (sulfide) groups is 1. The maximum absolute atomic E-state index is 12.2. The summed E-state index contributed by atoms with van der Waals surface area (Å²) >= 11 is 1.96. The van der Waals surface area contributed by atoms with Gasteiger partial charge < -0.3 is 15.7 Å². The van der Waals surface area contributed by atoms with E-state index in [0.717, 1.165) is 50.7 Å². The first-order valence-electron chi connectivity index (χ1n) is 7.95. The van der Waals surface area contributed by atoms with E-state index < -0.39 is 11.5 Å². The summed E-state index contributed by atoms with van der Waals surface area (Å²) in [4.78, 5) is 23.2. The minimum atomic E-state index is -0.836. The molecule has 0 aromatic heterocycles. The predicted molar refractivity (Wildman–Crippen MR) is 84.7 cm³/mol. The highest BCUT2D eigenvalue weighted by molar-refractivity contribution is 7.99. The highest BCUT2D eigenvalue weighted by Gasteiger charge is 2.38. The van der Waals surface area contributed by atoms with Crippen LogP contribution in [-0.4, -0.2) is 39.7 Å². The number of amides is 2. The fourth-order valence-electron chi connectivity index (χ4n) is 3.61. The van der Waals surface area contributed by atoms with Crippen molar-refractivity contribution in [3.63, 3.8) is 0 Å². The molecule has 6 heteroatoms. The quantitative estimate of drug-likeness (QED) is 0.704. The highest BCUT2D eigenvalue weighted by atomic mass is 32.2. The van der Waals surface area contributed by atoms with Crippen LogP contribution in [0.1, 0.15) is 58.3 Å². The van der Waals surface area contributed by atoms with Crippen molar-refractivity contribution in [3.8, 4) is 0 Å². The Labute approximate surface area is 130 Å². The standard InChI is InChI=1S/C15H26N2O3S/c1-2-21-12-6-5-11(9-12)16-14(20)17-15(10-13(18)19)7-3-4-8-15/h11-12H,2-10H2,1H3,(H,18,19)(H2,16,17,20). The van der Waals surface area contributed by atoms with Crippen molar-refractivity contribution >= 4 is 23.8 Å². The van der Waals surface area contributed by atoms with Gasteiger partial charge in [0.15, 0.2) is 0 Å². The third kappa shape index (κ3) is 4.80. The maximum Gasteiger partial charge on any atom is 0.315 e. The van der Waals surface area contributed by atoms with Crippen LogP contribution in [0.3, 0.4) is 0 Å². The lowest BCUT2D eigenvalue weighted by atomic mass is 9.93. The average Bonchev–Trinajstić information content (AvgIpc) is 2.99. The SMILES string of the molecule is CCSC1CCC(NC(=O)NC2(CC(=O)O)CCCC2)C1. The largest absolute Gasteiger partial charge is 0.481 e. The van der Waals surface area contributed by atoms with Crippen molar-refractivity contribution in [2.75, 3.05) is 5.75 Å². The number of aliphatic carboxylic acids is 1. The fourth-order valence-corrected chi connectivity index (χ4v) is 4.75. The summed E-state index contributed by atoms with van der Waals surface area (Å²) < 4.78 is 0. The maximum atomic E-state index is 12.2.